The average Bonchev–Trinajstić information content (AvgIpc) is 3.81. The van der Waals surface area contributed by atoms with E-state index >= 15 is 0 Å². The summed E-state index contributed by atoms with van der Waals surface area (Å²) in [7, 11) is 0. The van der Waals surface area contributed by atoms with Crippen LogP contribution in [-0.4, -0.2) is 29.9 Å². The molecule has 0 unspecified atom stereocenters. The van der Waals surface area contributed by atoms with Gasteiger partial charge in [0.05, 0.1) is 5.41 Å². The zero-order valence-corrected chi connectivity index (χ0v) is 33.9. The Morgan fingerprint density at radius 1 is 0.403 bits per heavy atom. The molecule has 0 saturated heterocycles. The minimum atomic E-state index is -0.552. The van der Waals surface area contributed by atoms with Crippen LogP contribution < -0.4 is 0 Å². The summed E-state index contributed by atoms with van der Waals surface area (Å²) in [4.78, 5) is 30.5. The smallest absolute Gasteiger partial charge is 0.164 e. The summed E-state index contributed by atoms with van der Waals surface area (Å²) >= 11 is 0. The van der Waals surface area contributed by atoms with E-state index in [1.807, 2.05) is 116 Å². The van der Waals surface area contributed by atoms with Crippen molar-refractivity contribution in [3.63, 3.8) is 0 Å². The quantitative estimate of drug-likeness (QED) is 0.143. The van der Waals surface area contributed by atoms with Crippen LogP contribution in [-0.2, 0) is 5.41 Å². The molecule has 2 aromatic heterocycles. The van der Waals surface area contributed by atoms with Crippen LogP contribution in [0.3, 0.4) is 0 Å². The first kappa shape index (κ1) is 36.8. The number of fused-ring (bicyclic) bond motifs is 10. The third-order valence-electron chi connectivity index (χ3n) is 11.9. The second-order valence-electron chi connectivity index (χ2n) is 15.4. The van der Waals surface area contributed by atoms with E-state index in [1.165, 1.54) is 33.4 Å². The molecule has 2 aliphatic rings. The molecule has 2 heterocycles. The number of rotatable bonds is 8. The van der Waals surface area contributed by atoms with Gasteiger partial charge in [0.2, 0.25) is 0 Å². The first-order chi connectivity index (χ1) is 30.6. The molecule has 0 fully saturated rings. The lowest BCUT2D eigenvalue weighted by atomic mass is 9.70. The van der Waals surface area contributed by atoms with Crippen LogP contribution in [0.2, 0.25) is 0 Å². The lowest BCUT2D eigenvalue weighted by Crippen LogP contribution is -2.25. The van der Waals surface area contributed by atoms with Crippen molar-refractivity contribution in [3.05, 3.63) is 235 Å². The number of nitrogens with zero attached hydrogens (tertiary/aromatic N) is 6. The van der Waals surface area contributed by atoms with Crippen LogP contribution in [0, 0.1) is 0 Å². The molecule has 62 heavy (non-hydrogen) atoms. The Balaban J connectivity index is 1.16. The van der Waals surface area contributed by atoms with Crippen LogP contribution in [0.5, 0.6) is 0 Å². The van der Waals surface area contributed by atoms with Crippen molar-refractivity contribution < 1.29 is 0 Å². The zero-order valence-electron chi connectivity index (χ0n) is 33.9. The number of hydrogen-bond acceptors (Lipinski definition) is 6. The van der Waals surface area contributed by atoms with Crippen molar-refractivity contribution in [1.82, 2.24) is 29.9 Å². The molecular weight excluding hydrogens is 757 g/mol. The van der Waals surface area contributed by atoms with Gasteiger partial charge in [-0.1, -0.05) is 195 Å². The standard InChI is InChI=1S/C56H38N6/c1-3-18-36(19-4-2)50-57-51(37-20-8-5-9-21-37)60-54(59-50)40-30-32-48-44(34-40)45-35-41(31-33-49(45)56(48)46-28-16-14-26-42(46)43-27-15-17-29-47(43)56)55-61-52(38-22-10-6-11-23-38)58-53(62-55)39-24-12-7-13-25-39/h3-35H,1H2,2H3/b19-4-,36-18+. The van der Waals surface area contributed by atoms with Crippen LogP contribution in [0.15, 0.2) is 207 Å². The Labute approximate surface area is 360 Å². The number of benzene rings is 7. The van der Waals surface area contributed by atoms with E-state index in [0.29, 0.717) is 34.9 Å². The highest BCUT2D eigenvalue weighted by Gasteiger charge is 2.51. The van der Waals surface area contributed by atoms with Gasteiger partial charge in [-0.25, -0.2) is 29.9 Å². The fraction of sp³-hybridized carbons (Fsp3) is 0.0357. The Hall–Kier alpha value is -8.22. The number of aromatic nitrogens is 6. The molecular formula is C56H38N6. The first-order valence-corrected chi connectivity index (χ1v) is 20.8. The molecule has 0 N–H and O–H groups in total. The second kappa shape index (κ2) is 15.1. The summed E-state index contributed by atoms with van der Waals surface area (Å²) in [5.74, 6) is 3.60. The molecule has 0 radical (unpaired) electrons. The van der Waals surface area contributed by atoms with Crippen molar-refractivity contribution in [2.45, 2.75) is 12.3 Å². The Kier molecular flexibility index (Phi) is 8.97. The first-order valence-electron chi connectivity index (χ1n) is 20.8. The van der Waals surface area contributed by atoms with E-state index < -0.39 is 5.41 Å². The number of hydrogen-bond donors (Lipinski definition) is 0. The molecule has 2 aliphatic carbocycles. The summed E-state index contributed by atoms with van der Waals surface area (Å²) in [6.07, 6.45) is 7.68. The molecule has 7 aromatic carbocycles. The van der Waals surface area contributed by atoms with Gasteiger partial charge in [0, 0.05) is 33.4 Å². The predicted molar refractivity (Wildman–Crippen MR) is 250 cm³/mol. The molecule has 0 aliphatic heterocycles. The van der Waals surface area contributed by atoms with E-state index in [4.69, 9.17) is 29.9 Å². The van der Waals surface area contributed by atoms with Crippen molar-refractivity contribution >= 4 is 5.57 Å². The maximum atomic E-state index is 5.13. The highest BCUT2D eigenvalue weighted by atomic mass is 15.0. The van der Waals surface area contributed by atoms with Gasteiger partial charge < -0.3 is 0 Å². The van der Waals surface area contributed by atoms with Gasteiger partial charge in [-0.3, -0.25) is 0 Å². The normalized spacial score (nSPS) is 13.1. The highest BCUT2D eigenvalue weighted by molar-refractivity contribution is 5.97. The maximum Gasteiger partial charge on any atom is 0.164 e. The van der Waals surface area contributed by atoms with Gasteiger partial charge in [-0.05, 0) is 63.6 Å². The fourth-order valence-electron chi connectivity index (χ4n) is 9.23. The fourth-order valence-corrected chi connectivity index (χ4v) is 9.23. The minimum absolute atomic E-state index is 0.552. The van der Waals surface area contributed by atoms with Gasteiger partial charge in [0.25, 0.3) is 0 Å². The average molecular weight is 795 g/mol. The monoisotopic (exact) mass is 794 g/mol. The summed E-state index contributed by atoms with van der Waals surface area (Å²) in [5.41, 5.74) is 14.5. The van der Waals surface area contributed by atoms with Crippen LogP contribution >= 0.6 is 0 Å². The molecule has 1 spiro atoms. The van der Waals surface area contributed by atoms with Gasteiger partial charge in [-0.15, -0.1) is 0 Å². The van der Waals surface area contributed by atoms with E-state index in [2.05, 4.69) is 91.5 Å². The molecule has 6 nitrogen and oxygen atoms in total. The minimum Gasteiger partial charge on any atom is -0.208 e. The Bertz CT molecular complexity index is 3160. The summed E-state index contributed by atoms with van der Waals surface area (Å²) < 4.78 is 0. The van der Waals surface area contributed by atoms with Crippen LogP contribution in [0.4, 0.5) is 0 Å². The zero-order chi connectivity index (χ0) is 41.6. The van der Waals surface area contributed by atoms with Gasteiger partial charge >= 0.3 is 0 Å². The van der Waals surface area contributed by atoms with Crippen LogP contribution in [0.25, 0.3) is 84.8 Å². The molecule has 0 saturated carbocycles. The molecule has 292 valence electrons. The van der Waals surface area contributed by atoms with Crippen molar-refractivity contribution in [2.24, 2.45) is 0 Å². The van der Waals surface area contributed by atoms with E-state index in [1.54, 1.807) is 6.08 Å². The third kappa shape index (κ3) is 5.95. The molecule has 0 amide bonds. The lowest BCUT2D eigenvalue weighted by molar-refractivity contribution is 0.794. The topological polar surface area (TPSA) is 77.3 Å². The van der Waals surface area contributed by atoms with Crippen molar-refractivity contribution in [2.75, 3.05) is 0 Å². The molecule has 0 atom stereocenters. The van der Waals surface area contributed by atoms with Gasteiger partial charge in [0.1, 0.15) is 0 Å². The van der Waals surface area contributed by atoms with Gasteiger partial charge in [-0.2, -0.15) is 0 Å². The Morgan fingerprint density at radius 2 is 0.774 bits per heavy atom. The molecule has 6 heteroatoms. The maximum absolute atomic E-state index is 5.13. The summed E-state index contributed by atoms with van der Waals surface area (Å²) in [5, 5.41) is 0. The highest BCUT2D eigenvalue weighted by Crippen LogP contribution is 2.63. The predicted octanol–water partition coefficient (Wildman–Crippen LogP) is 12.9. The van der Waals surface area contributed by atoms with Crippen LogP contribution in [0.1, 0.15) is 35.0 Å². The lowest BCUT2D eigenvalue weighted by Gasteiger charge is -2.30. The summed E-state index contributed by atoms with van der Waals surface area (Å²) in [6.45, 7) is 5.96. The van der Waals surface area contributed by atoms with Crippen molar-refractivity contribution in [1.29, 1.82) is 0 Å². The molecule has 0 bridgehead atoms. The number of allylic oxidation sites excluding steroid dienone is 5. The second-order valence-corrected chi connectivity index (χ2v) is 15.4. The Morgan fingerprint density at radius 3 is 1.21 bits per heavy atom. The van der Waals surface area contributed by atoms with Crippen molar-refractivity contribution in [3.8, 4) is 79.2 Å². The van der Waals surface area contributed by atoms with E-state index in [-0.39, 0.29) is 0 Å². The van der Waals surface area contributed by atoms with E-state index in [0.717, 1.165) is 44.5 Å². The van der Waals surface area contributed by atoms with E-state index in [9.17, 15) is 0 Å². The third-order valence-corrected chi connectivity index (χ3v) is 11.9. The van der Waals surface area contributed by atoms with Gasteiger partial charge in [0.15, 0.2) is 34.9 Å². The molecule has 9 aromatic rings. The molecule has 11 rings (SSSR count). The SMILES string of the molecule is C=C/C=C(\C=C/C)c1nc(-c2ccccc2)nc(-c2ccc3c(c2)-c2cc(-c4nc(-c5ccccc5)nc(-c5ccccc5)n4)ccc2C32c3ccccc3-c3ccccc32)n1. The largest absolute Gasteiger partial charge is 0.208 e. The summed E-state index contributed by atoms with van der Waals surface area (Å²) in [6, 6.07) is 61.4.